The second-order valence-electron chi connectivity index (χ2n) is 4.52. The number of phenolic OH excluding ortho intramolecular Hbond substituents is 1. The summed E-state index contributed by atoms with van der Waals surface area (Å²) in [6, 6.07) is 4.28. The fraction of sp³-hybridized carbons (Fsp3) is 0.571. The fourth-order valence-electron chi connectivity index (χ4n) is 1.90. The van der Waals surface area contributed by atoms with Gasteiger partial charge in [-0.3, -0.25) is 0 Å². The van der Waals surface area contributed by atoms with E-state index in [1.54, 1.807) is 6.07 Å². The first-order chi connectivity index (χ1) is 8.08. The fourth-order valence-corrected chi connectivity index (χ4v) is 1.90. The average molecular weight is 239 g/mol. The summed E-state index contributed by atoms with van der Waals surface area (Å²) in [5.74, 6) is 0.255. The number of aromatic hydroxyl groups is 1. The van der Waals surface area contributed by atoms with Crippen LogP contribution in [-0.4, -0.2) is 11.7 Å². The number of hydrogen-bond donors (Lipinski definition) is 2. The summed E-state index contributed by atoms with van der Waals surface area (Å²) in [7, 11) is 0. The van der Waals surface area contributed by atoms with Gasteiger partial charge < -0.3 is 10.4 Å². The molecule has 0 fully saturated rings. The van der Waals surface area contributed by atoms with Crippen molar-refractivity contribution in [2.75, 3.05) is 6.54 Å². The van der Waals surface area contributed by atoms with Crippen molar-refractivity contribution in [1.82, 2.24) is 5.32 Å². The molecule has 1 aromatic carbocycles. The molecule has 0 aromatic heterocycles. The number of benzene rings is 1. The van der Waals surface area contributed by atoms with Gasteiger partial charge in [-0.05, 0) is 25.5 Å². The van der Waals surface area contributed by atoms with Gasteiger partial charge in [0.25, 0.3) is 0 Å². The summed E-state index contributed by atoms with van der Waals surface area (Å²) in [5.41, 5.74) is 0.605. The highest BCUT2D eigenvalue weighted by Crippen LogP contribution is 2.21. The topological polar surface area (TPSA) is 32.3 Å². The molecular weight excluding hydrogens is 217 g/mol. The van der Waals surface area contributed by atoms with E-state index in [0.29, 0.717) is 11.5 Å². The molecule has 1 atom stereocenters. The highest BCUT2D eigenvalue weighted by molar-refractivity contribution is 5.29. The molecule has 0 saturated carbocycles. The Morgan fingerprint density at radius 1 is 1.29 bits per heavy atom. The Hall–Kier alpha value is -1.09. The lowest BCUT2D eigenvalue weighted by Gasteiger charge is -2.19. The predicted molar refractivity (Wildman–Crippen MR) is 68.6 cm³/mol. The highest BCUT2D eigenvalue weighted by atomic mass is 19.1. The monoisotopic (exact) mass is 239 g/mol. The van der Waals surface area contributed by atoms with E-state index in [2.05, 4.69) is 19.2 Å². The van der Waals surface area contributed by atoms with E-state index in [1.807, 2.05) is 6.92 Å². The summed E-state index contributed by atoms with van der Waals surface area (Å²) in [5, 5.41) is 12.5. The zero-order valence-corrected chi connectivity index (χ0v) is 10.8. The quantitative estimate of drug-likeness (QED) is 0.794. The van der Waals surface area contributed by atoms with E-state index < -0.39 is 0 Å². The van der Waals surface area contributed by atoms with Crippen LogP contribution in [0.2, 0.25) is 0 Å². The van der Waals surface area contributed by atoms with E-state index in [4.69, 9.17) is 5.11 Å². The average Bonchev–Trinajstić information content (AvgIpc) is 2.30. The molecule has 2 nitrogen and oxygen atoms in total. The van der Waals surface area contributed by atoms with Crippen molar-refractivity contribution in [2.24, 2.45) is 5.92 Å². The lowest BCUT2D eigenvalue weighted by molar-refractivity contribution is 0.414. The van der Waals surface area contributed by atoms with Gasteiger partial charge >= 0.3 is 0 Å². The third-order valence-corrected chi connectivity index (χ3v) is 3.32. The van der Waals surface area contributed by atoms with Crippen molar-refractivity contribution < 1.29 is 9.50 Å². The van der Waals surface area contributed by atoms with Gasteiger partial charge in [-0.2, -0.15) is 0 Å². The third-order valence-electron chi connectivity index (χ3n) is 3.32. The van der Waals surface area contributed by atoms with Gasteiger partial charge in [0.05, 0.1) is 0 Å². The van der Waals surface area contributed by atoms with Gasteiger partial charge in [0.15, 0.2) is 0 Å². The van der Waals surface area contributed by atoms with Crippen molar-refractivity contribution in [2.45, 2.75) is 39.7 Å². The van der Waals surface area contributed by atoms with Gasteiger partial charge in [-0.15, -0.1) is 0 Å². The van der Waals surface area contributed by atoms with Crippen molar-refractivity contribution >= 4 is 0 Å². The van der Waals surface area contributed by atoms with Crippen LogP contribution in [-0.2, 0) is 0 Å². The third kappa shape index (κ3) is 4.00. The number of rotatable bonds is 6. The van der Waals surface area contributed by atoms with E-state index in [9.17, 15) is 4.39 Å². The van der Waals surface area contributed by atoms with Crippen molar-refractivity contribution in [3.8, 4) is 5.75 Å². The van der Waals surface area contributed by atoms with Crippen LogP contribution in [0.5, 0.6) is 5.75 Å². The minimum absolute atomic E-state index is 0.0292. The van der Waals surface area contributed by atoms with E-state index in [0.717, 1.165) is 25.5 Å². The number of nitrogens with one attached hydrogen (secondary N) is 1. The lowest BCUT2D eigenvalue weighted by atomic mass is 10.0. The van der Waals surface area contributed by atoms with Gasteiger partial charge in [0.1, 0.15) is 11.6 Å². The number of hydrogen-bond acceptors (Lipinski definition) is 2. The summed E-state index contributed by atoms with van der Waals surface area (Å²) in [4.78, 5) is 0. The van der Waals surface area contributed by atoms with Crippen LogP contribution < -0.4 is 5.32 Å². The minimum atomic E-state index is -0.352. The SMILES string of the molecule is CCC(CC)CNC(C)c1ccc(O)cc1F. The summed E-state index contributed by atoms with van der Waals surface area (Å²) in [6.45, 7) is 7.18. The maximum atomic E-state index is 13.6. The summed E-state index contributed by atoms with van der Waals surface area (Å²) >= 11 is 0. The minimum Gasteiger partial charge on any atom is -0.508 e. The molecule has 0 amide bonds. The van der Waals surface area contributed by atoms with Crippen LogP contribution >= 0.6 is 0 Å². The molecule has 2 N–H and O–H groups in total. The Morgan fingerprint density at radius 3 is 2.47 bits per heavy atom. The highest BCUT2D eigenvalue weighted by Gasteiger charge is 2.12. The molecule has 96 valence electrons. The van der Waals surface area contributed by atoms with Gasteiger partial charge in [-0.25, -0.2) is 4.39 Å². The Balaban J connectivity index is 2.60. The van der Waals surface area contributed by atoms with Crippen LogP contribution in [0.1, 0.15) is 45.2 Å². The number of halogens is 1. The molecule has 0 aliphatic heterocycles. The predicted octanol–water partition coefficient (Wildman–Crippen LogP) is 3.62. The first-order valence-corrected chi connectivity index (χ1v) is 6.30. The molecule has 0 aliphatic carbocycles. The summed E-state index contributed by atoms with van der Waals surface area (Å²) in [6.07, 6.45) is 2.27. The molecule has 1 unspecified atom stereocenters. The van der Waals surface area contributed by atoms with Gasteiger partial charge in [0, 0.05) is 17.7 Å². The van der Waals surface area contributed by atoms with Crippen LogP contribution in [0.4, 0.5) is 4.39 Å². The van der Waals surface area contributed by atoms with Crippen molar-refractivity contribution in [3.63, 3.8) is 0 Å². The molecule has 0 aliphatic rings. The number of phenols is 1. The van der Waals surface area contributed by atoms with Crippen LogP contribution in [0.25, 0.3) is 0 Å². The first kappa shape index (κ1) is 14.0. The maximum Gasteiger partial charge on any atom is 0.131 e. The molecule has 0 bridgehead atoms. The molecule has 3 heteroatoms. The molecule has 1 aromatic rings. The van der Waals surface area contributed by atoms with Crippen LogP contribution in [0.15, 0.2) is 18.2 Å². The van der Waals surface area contributed by atoms with Gasteiger partial charge in [-0.1, -0.05) is 32.8 Å². The van der Waals surface area contributed by atoms with Crippen molar-refractivity contribution in [1.29, 1.82) is 0 Å². The van der Waals surface area contributed by atoms with Gasteiger partial charge in [0.2, 0.25) is 0 Å². The lowest BCUT2D eigenvalue weighted by Crippen LogP contribution is -2.25. The maximum absolute atomic E-state index is 13.6. The molecule has 0 radical (unpaired) electrons. The molecule has 17 heavy (non-hydrogen) atoms. The Kier molecular flexibility index (Phi) is 5.42. The normalized spacial score (nSPS) is 13.0. The molecule has 1 rings (SSSR count). The first-order valence-electron chi connectivity index (χ1n) is 6.30. The Morgan fingerprint density at radius 2 is 1.94 bits per heavy atom. The standard InChI is InChI=1S/C14H22FNO/c1-4-11(5-2)9-16-10(3)13-7-6-12(17)8-14(13)15/h6-8,10-11,16-17H,4-5,9H2,1-3H3. The Bertz CT molecular complexity index is 350. The van der Waals surface area contributed by atoms with Crippen molar-refractivity contribution in [3.05, 3.63) is 29.6 Å². The zero-order chi connectivity index (χ0) is 12.8. The summed E-state index contributed by atoms with van der Waals surface area (Å²) < 4.78 is 13.6. The van der Waals surface area contributed by atoms with E-state index in [-0.39, 0.29) is 17.6 Å². The zero-order valence-electron chi connectivity index (χ0n) is 10.8. The smallest absolute Gasteiger partial charge is 0.131 e. The molecular formula is C14H22FNO. The second kappa shape index (κ2) is 6.60. The van der Waals surface area contributed by atoms with E-state index in [1.165, 1.54) is 6.07 Å². The molecule has 0 spiro atoms. The largest absolute Gasteiger partial charge is 0.508 e. The molecule has 0 heterocycles. The second-order valence-corrected chi connectivity index (χ2v) is 4.52. The van der Waals surface area contributed by atoms with Crippen LogP contribution in [0.3, 0.4) is 0 Å². The van der Waals surface area contributed by atoms with E-state index >= 15 is 0 Å². The van der Waals surface area contributed by atoms with Crippen LogP contribution in [0, 0.1) is 11.7 Å². The Labute approximate surface area is 103 Å². The molecule has 0 saturated heterocycles.